The molecule has 0 spiro atoms. The topological polar surface area (TPSA) is 74.8 Å². The number of hydrogen-bond donors (Lipinski definition) is 3. The van der Waals surface area contributed by atoms with E-state index in [9.17, 15) is 4.79 Å². The number of nitrogens with zero attached hydrogens (tertiary/aromatic N) is 1. The second-order valence-corrected chi connectivity index (χ2v) is 7.79. The lowest BCUT2D eigenvalue weighted by molar-refractivity contribution is 0.146. The maximum Gasteiger partial charge on any atom is 0.407 e. The molecule has 0 aromatic carbocycles. The number of nitrogens with one attached hydrogen (secondary N) is 3. The first-order chi connectivity index (χ1) is 11.5. The van der Waals surface area contributed by atoms with Gasteiger partial charge in [0.2, 0.25) is 0 Å². The summed E-state index contributed by atoms with van der Waals surface area (Å²) in [6.45, 7) is 7.12. The fourth-order valence-corrected chi connectivity index (χ4v) is 3.79. The van der Waals surface area contributed by atoms with Crippen molar-refractivity contribution >= 4 is 23.8 Å². The highest BCUT2D eigenvalue weighted by Gasteiger charge is 2.24. The van der Waals surface area contributed by atoms with E-state index in [1.807, 2.05) is 18.7 Å². The fourth-order valence-electron chi connectivity index (χ4n) is 2.99. The predicted octanol–water partition coefficient (Wildman–Crippen LogP) is 2.60. The van der Waals surface area contributed by atoms with Crippen LogP contribution < -0.4 is 16.0 Å². The SMILES string of the molecule is CCOC(=O)NC(CNC(=NC)NC1CCC(SC)C1)CC(C)C. The number of alkyl carbamates (subject to hydrolysis) is 1. The molecule has 3 unspecified atom stereocenters. The van der Waals surface area contributed by atoms with Crippen LogP contribution in [0.1, 0.15) is 46.5 Å². The van der Waals surface area contributed by atoms with E-state index >= 15 is 0 Å². The molecule has 1 aliphatic carbocycles. The van der Waals surface area contributed by atoms with Crippen LogP contribution in [-0.2, 0) is 4.74 Å². The monoisotopic (exact) mass is 358 g/mol. The first kappa shape index (κ1) is 20.9. The molecule has 0 radical (unpaired) electrons. The van der Waals surface area contributed by atoms with Crippen molar-refractivity contribution < 1.29 is 9.53 Å². The van der Waals surface area contributed by atoms with Gasteiger partial charge < -0.3 is 20.7 Å². The molecule has 24 heavy (non-hydrogen) atoms. The summed E-state index contributed by atoms with van der Waals surface area (Å²) in [6.07, 6.45) is 6.34. The van der Waals surface area contributed by atoms with E-state index in [1.165, 1.54) is 19.3 Å². The minimum Gasteiger partial charge on any atom is -0.450 e. The van der Waals surface area contributed by atoms with Gasteiger partial charge in [-0.25, -0.2) is 4.79 Å². The van der Waals surface area contributed by atoms with Crippen molar-refractivity contribution in [3.63, 3.8) is 0 Å². The fraction of sp³-hybridized carbons (Fsp3) is 0.882. The maximum absolute atomic E-state index is 11.7. The van der Waals surface area contributed by atoms with Gasteiger partial charge >= 0.3 is 6.09 Å². The highest BCUT2D eigenvalue weighted by atomic mass is 32.2. The van der Waals surface area contributed by atoms with E-state index < -0.39 is 0 Å². The van der Waals surface area contributed by atoms with Crippen molar-refractivity contribution in [2.75, 3.05) is 26.5 Å². The van der Waals surface area contributed by atoms with Gasteiger partial charge in [-0.05, 0) is 44.8 Å². The van der Waals surface area contributed by atoms with Gasteiger partial charge in [0, 0.05) is 30.9 Å². The van der Waals surface area contributed by atoms with Crippen LogP contribution in [0.3, 0.4) is 0 Å². The molecule has 1 amide bonds. The first-order valence-corrected chi connectivity index (χ1v) is 10.2. The van der Waals surface area contributed by atoms with Crippen molar-refractivity contribution in [3.8, 4) is 0 Å². The molecule has 7 heteroatoms. The number of rotatable bonds is 8. The minimum absolute atomic E-state index is 0.0186. The molecule has 1 aliphatic rings. The van der Waals surface area contributed by atoms with Gasteiger partial charge in [0.1, 0.15) is 0 Å². The number of guanidine groups is 1. The van der Waals surface area contributed by atoms with Gasteiger partial charge in [-0.3, -0.25) is 4.99 Å². The van der Waals surface area contributed by atoms with Crippen LogP contribution in [0.4, 0.5) is 4.79 Å². The molecular weight excluding hydrogens is 324 g/mol. The third kappa shape index (κ3) is 8.13. The van der Waals surface area contributed by atoms with E-state index in [0.717, 1.165) is 17.6 Å². The Morgan fingerprint density at radius 2 is 2.12 bits per heavy atom. The molecule has 0 aliphatic heterocycles. The van der Waals surface area contributed by atoms with Crippen LogP contribution in [0, 0.1) is 5.92 Å². The van der Waals surface area contributed by atoms with Crippen molar-refractivity contribution in [1.82, 2.24) is 16.0 Å². The Kier molecular flexibility index (Phi) is 9.98. The molecular formula is C17H34N4O2S. The highest BCUT2D eigenvalue weighted by molar-refractivity contribution is 7.99. The third-order valence-corrected chi connectivity index (χ3v) is 5.25. The standard InChI is InChI=1S/C17H34N4O2S/c1-6-23-17(22)21-14(9-12(2)3)11-19-16(18-4)20-13-7-8-15(10-13)24-5/h12-15H,6-11H2,1-5H3,(H,21,22)(H2,18,19,20). The smallest absolute Gasteiger partial charge is 0.407 e. The minimum atomic E-state index is -0.355. The van der Waals surface area contributed by atoms with Gasteiger partial charge in [-0.2, -0.15) is 11.8 Å². The van der Waals surface area contributed by atoms with Crippen molar-refractivity contribution in [2.24, 2.45) is 10.9 Å². The van der Waals surface area contributed by atoms with Gasteiger partial charge in [-0.15, -0.1) is 0 Å². The summed E-state index contributed by atoms with van der Waals surface area (Å²) < 4.78 is 4.99. The largest absolute Gasteiger partial charge is 0.450 e. The zero-order chi connectivity index (χ0) is 17.9. The molecule has 1 rings (SSSR count). The van der Waals surface area contributed by atoms with E-state index in [0.29, 0.717) is 25.1 Å². The summed E-state index contributed by atoms with van der Waals surface area (Å²) in [5, 5.41) is 10.5. The van der Waals surface area contributed by atoms with E-state index in [1.54, 1.807) is 7.05 Å². The van der Waals surface area contributed by atoms with Crippen LogP contribution in [0.25, 0.3) is 0 Å². The zero-order valence-corrected chi connectivity index (χ0v) is 16.5. The molecule has 6 nitrogen and oxygen atoms in total. The average molecular weight is 359 g/mol. The molecule has 0 bridgehead atoms. The summed E-state index contributed by atoms with van der Waals surface area (Å²) >= 11 is 1.95. The Labute approximate surface area is 151 Å². The van der Waals surface area contributed by atoms with Crippen LogP contribution in [0.5, 0.6) is 0 Å². The lowest BCUT2D eigenvalue weighted by atomic mass is 10.0. The second kappa shape index (κ2) is 11.4. The molecule has 0 aromatic heterocycles. The summed E-state index contributed by atoms with van der Waals surface area (Å²) in [5.41, 5.74) is 0. The number of hydrogen-bond acceptors (Lipinski definition) is 4. The quantitative estimate of drug-likeness (QED) is 0.459. The average Bonchev–Trinajstić information content (AvgIpc) is 2.98. The number of carbonyl (C=O) groups is 1. The Morgan fingerprint density at radius 3 is 2.67 bits per heavy atom. The van der Waals surface area contributed by atoms with Gasteiger partial charge in [0.25, 0.3) is 0 Å². The number of carbonyl (C=O) groups excluding carboxylic acids is 1. The Balaban J connectivity index is 2.45. The summed E-state index contributed by atoms with van der Waals surface area (Å²) in [5.74, 6) is 1.30. The van der Waals surface area contributed by atoms with Gasteiger partial charge in [-0.1, -0.05) is 13.8 Å². The molecule has 0 saturated heterocycles. The Hall–Kier alpha value is -1.11. The third-order valence-electron chi connectivity index (χ3n) is 4.15. The predicted molar refractivity (Wildman–Crippen MR) is 103 cm³/mol. The van der Waals surface area contributed by atoms with Crippen LogP contribution in [-0.4, -0.2) is 55.8 Å². The molecule has 1 saturated carbocycles. The van der Waals surface area contributed by atoms with Crippen LogP contribution in [0.15, 0.2) is 4.99 Å². The van der Waals surface area contributed by atoms with Crippen LogP contribution in [0.2, 0.25) is 0 Å². The van der Waals surface area contributed by atoms with Crippen molar-refractivity contribution in [1.29, 1.82) is 0 Å². The second-order valence-electron chi connectivity index (χ2n) is 6.66. The normalized spacial score (nSPS) is 22.3. The van der Waals surface area contributed by atoms with Crippen LogP contribution >= 0.6 is 11.8 Å². The Morgan fingerprint density at radius 1 is 1.38 bits per heavy atom. The van der Waals surface area contributed by atoms with Gasteiger partial charge in [0.05, 0.1) is 6.61 Å². The maximum atomic E-state index is 11.7. The molecule has 3 atom stereocenters. The molecule has 0 heterocycles. The number of aliphatic imine (C=N–C) groups is 1. The number of amides is 1. The first-order valence-electron chi connectivity index (χ1n) is 8.91. The van der Waals surface area contributed by atoms with E-state index in [2.05, 4.69) is 41.0 Å². The number of thioether (sulfide) groups is 1. The lowest BCUT2D eigenvalue weighted by Crippen LogP contribution is -2.49. The molecule has 1 fully saturated rings. The molecule has 140 valence electrons. The summed E-state index contributed by atoms with van der Waals surface area (Å²) in [6, 6.07) is 0.500. The Bertz CT molecular complexity index is 404. The zero-order valence-electron chi connectivity index (χ0n) is 15.7. The van der Waals surface area contributed by atoms with E-state index in [4.69, 9.17) is 4.74 Å². The molecule has 0 aromatic rings. The van der Waals surface area contributed by atoms with E-state index in [-0.39, 0.29) is 12.1 Å². The van der Waals surface area contributed by atoms with Crippen molar-refractivity contribution in [3.05, 3.63) is 0 Å². The highest BCUT2D eigenvalue weighted by Crippen LogP contribution is 2.27. The molecule has 3 N–H and O–H groups in total. The summed E-state index contributed by atoms with van der Waals surface area (Å²) in [4.78, 5) is 16.0. The van der Waals surface area contributed by atoms with Crippen molar-refractivity contribution in [2.45, 2.75) is 63.8 Å². The van der Waals surface area contributed by atoms with Gasteiger partial charge in [0.15, 0.2) is 5.96 Å². The lowest BCUT2D eigenvalue weighted by Gasteiger charge is -2.23. The number of ether oxygens (including phenoxy) is 1. The summed E-state index contributed by atoms with van der Waals surface area (Å²) in [7, 11) is 1.78.